The maximum Gasteiger partial charge on any atom is 0.0955 e. The molecular formula is C36H24N4. The van der Waals surface area contributed by atoms with Gasteiger partial charge in [0.05, 0.1) is 39.4 Å². The number of benzene rings is 6. The van der Waals surface area contributed by atoms with Gasteiger partial charge in [-0.3, -0.25) is 0 Å². The predicted octanol–water partition coefficient (Wildman–Crippen LogP) is 8.92. The summed E-state index contributed by atoms with van der Waals surface area (Å²) in [4.78, 5) is 4.65. The first-order chi connectivity index (χ1) is 19.8. The van der Waals surface area contributed by atoms with Gasteiger partial charge in [0.25, 0.3) is 0 Å². The zero-order valence-electron chi connectivity index (χ0n) is 21.9. The number of nitrogens with zero attached hydrogens (tertiary/aromatic N) is 4. The van der Waals surface area contributed by atoms with Gasteiger partial charge in [0, 0.05) is 40.0 Å². The standard InChI is InChI=1S/C36H24N4/c1-38-22-37-30-20-25(16-18-33(30)38)40-31-13-7-5-11-26(31)29-19-23-15-17-34-36(28(23)21-35(29)40)27-12-6-8-14-32(27)39(34)24-9-3-2-4-10-24/h2-22H,1H3. The molecular weight excluding hydrogens is 488 g/mol. The van der Waals surface area contributed by atoms with Crippen LogP contribution in [0.2, 0.25) is 0 Å². The van der Waals surface area contributed by atoms with Gasteiger partial charge in [-0.05, 0) is 71.4 Å². The number of para-hydroxylation sites is 3. The molecule has 0 amide bonds. The van der Waals surface area contributed by atoms with Crippen LogP contribution in [-0.2, 0) is 7.05 Å². The van der Waals surface area contributed by atoms with Crippen LogP contribution in [0.1, 0.15) is 0 Å². The minimum Gasteiger partial charge on any atom is -0.334 e. The van der Waals surface area contributed by atoms with Gasteiger partial charge < -0.3 is 13.7 Å². The van der Waals surface area contributed by atoms with Crippen LogP contribution in [0.3, 0.4) is 0 Å². The van der Waals surface area contributed by atoms with Gasteiger partial charge >= 0.3 is 0 Å². The summed E-state index contributed by atoms with van der Waals surface area (Å²) in [5, 5.41) is 7.58. The lowest BCUT2D eigenvalue weighted by atomic mass is 10.0. The summed E-state index contributed by atoms with van der Waals surface area (Å²) in [6.07, 6.45) is 1.88. The summed E-state index contributed by atoms with van der Waals surface area (Å²) in [5.41, 5.74) is 9.27. The lowest BCUT2D eigenvalue weighted by Crippen LogP contribution is -1.94. The molecule has 188 valence electrons. The van der Waals surface area contributed by atoms with Crippen LogP contribution in [0.4, 0.5) is 0 Å². The van der Waals surface area contributed by atoms with Crippen LogP contribution in [0.5, 0.6) is 0 Å². The molecule has 0 spiro atoms. The van der Waals surface area contributed by atoms with E-state index in [0.29, 0.717) is 0 Å². The van der Waals surface area contributed by atoms with E-state index in [1.807, 2.05) is 13.4 Å². The minimum atomic E-state index is 1.00. The first-order valence-electron chi connectivity index (χ1n) is 13.6. The second-order valence-electron chi connectivity index (χ2n) is 10.6. The van der Waals surface area contributed by atoms with Crippen molar-refractivity contribution < 1.29 is 0 Å². The zero-order chi connectivity index (χ0) is 26.4. The Morgan fingerprint density at radius 3 is 2.02 bits per heavy atom. The Morgan fingerprint density at radius 1 is 0.475 bits per heavy atom. The van der Waals surface area contributed by atoms with Gasteiger partial charge in [-0.1, -0.05) is 60.7 Å². The number of hydrogen-bond donors (Lipinski definition) is 0. The number of imidazole rings is 1. The third kappa shape index (κ3) is 2.82. The van der Waals surface area contributed by atoms with Crippen LogP contribution in [0, 0.1) is 0 Å². The van der Waals surface area contributed by atoms with E-state index in [4.69, 9.17) is 0 Å². The van der Waals surface area contributed by atoms with Crippen molar-refractivity contribution in [1.82, 2.24) is 18.7 Å². The highest BCUT2D eigenvalue weighted by Gasteiger charge is 2.18. The maximum absolute atomic E-state index is 4.65. The quantitative estimate of drug-likeness (QED) is 0.227. The Kier molecular flexibility index (Phi) is 4.23. The summed E-state index contributed by atoms with van der Waals surface area (Å²) >= 11 is 0. The molecule has 0 fully saturated rings. The molecule has 0 unspecified atom stereocenters. The van der Waals surface area contributed by atoms with Crippen molar-refractivity contribution in [3.63, 3.8) is 0 Å². The fraction of sp³-hybridized carbons (Fsp3) is 0.0278. The van der Waals surface area contributed by atoms with Crippen molar-refractivity contribution in [1.29, 1.82) is 0 Å². The molecule has 0 aliphatic rings. The first kappa shape index (κ1) is 21.6. The fourth-order valence-electron chi connectivity index (χ4n) is 6.65. The number of aromatic nitrogens is 4. The molecule has 0 aliphatic carbocycles. The Morgan fingerprint density at radius 2 is 1.18 bits per heavy atom. The topological polar surface area (TPSA) is 27.7 Å². The SMILES string of the molecule is Cn1cnc2cc(-n3c4ccccc4c4cc5ccc6c(c5cc43)c3ccccc3n6-c3ccccc3)ccc21. The lowest BCUT2D eigenvalue weighted by molar-refractivity contribution is 0.947. The smallest absolute Gasteiger partial charge is 0.0955 e. The van der Waals surface area contributed by atoms with Gasteiger partial charge in [0.1, 0.15) is 0 Å². The Hall–Kier alpha value is -5.35. The van der Waals surface area contributed by atoms with E-state index in [9.17, 15) is 0 Å². The molecule has 0 saturated heterocycles. The molecule has 0 bridgehead atoms. The van der Waals surface area contributed by atoms with E-state index in [-0.39, 0.29) is 0 Å². The van der Waals surface area contributed by atoms with E-state index in [1.54, 1.807) is 0 Å². The highest BCUT2D eigenvalue weighted by atomic mass is 15.0. The number of hydrogen-bond acceptors (Lipinski definition) is 1. The molecule has 40 heavy (non-hydrogen) atoms. The molecule has 0 radical (unpaired) electrons. The Balaban J connectivity index is 1.44. The molecule has 6 aromatic carbocycles. The molecule has 0 N–H and O–H groups in total. The van der Waals surface area contributed by atoms with Gasteiger partial charge in [-0.15, -0.1) is 0 Å². The molecule has 9 rings (SSSR count). The number of aryl methyl sites for hydroxylation is 1. The molecule has 4 nitrogen and oxygen atoms in total. The van der Waals surface area contributed by atoms with Crippen LogP contribution in [0.15, 0.2) is 128 Å². The normalized spacial score (nSPS) is 12.1. The highest BCUT2D eigenvalue weighted by molar-refractivity contribution is 6.24. The van der Waals surface area contributed by atoms with Crippen molar-refractivity contribution in [2.45, 2.75) is 0 Å². The summed E-state index contributed by atoms with van der Waals surface area (Å²) in [5.74, 6) is 0. The first-order valence-corrected chi connectivity index (χ1v) is 13.6. The molecule has 4 heteroatoms. The third-order valence-corrected chi connectivity index (χ3v) is 8.43. The van der Waals surface area contributed by atoms with Crippen molar-refractivity contribution in [2.24, 2.45) is 7.05 Å². The summed E-state index contributed by atoms with van der Waals surface area (Å²) in [6, 6.07) is 44.1. The predicted molar refractivity (Wildman–Crippen MR) is 167 cm³/mol. The average molecular weight is 513 g/mol. The maximum atomic E-state index is 4.65. The van der Waals surface area contributed by atoms with Crippen molar-refractivity contribution >= 4 is 65.4 Å². The molecule has 0 saturated carbocycles. The second kappa shape index (κ2) is 7.84. The van der Waals surface area contributed by atoms with Crippen LogP contribution in [0.25, 0.3) is 76.8 Å². The zero-order valence-corrected chi connectivity index (χ0v) is 21.9. The summed E-state index contributed by atoms with van der Waals surface area (Å²) in [7, 11) is 2.04. The third-order valence-electron chi connectivity index (χ3n) is 8.43. The van der Waals surface area contributed by atoms with E-state index in [2.05, 4.69) is 140 Å². The molecule has 0 aliphatic heterocycles. The summed E-state index contributed by atoms with van der Waals surface area (Å²) < 4.78 is 6.85. The molecule has 3 aromatic heterocycles. The lowest BCUT2D eigenvalue weighted by Gasteiger charge is -2.10. The van der Waals surface area contributed by atoms with Crippen LogP contribution in [-0.4, -0.2) is 18.7 Å². The van der Waals surface area contributed by atoms with Gasteiger partial charge in [0.2, 0.25) is 0 Å². The number of rotatable bonds is 2. The minimum absolute atomic E-state index is 1.00. The second-order valence-corrected chi connectivity index (χ2v) is 10.6. The van der Waals surface area contributed by atoms with E-state index < -0.39 is 0 Å². The molecule has 3 heterocycles. The van der Waals surface area contributed by atoms with Crippen LogP contribution < -0.4 is 0 Å². The van der Waals surface area contributed by atoms with Gasteiger partial charge in [-0.25, -0.2) is 4.98 Å². The molecule has 9 aromatic rings. The Bertz CT molecular complexity index is 2440. The van der Waals surface area contributed by atoms with E-state index >= 15 is 0 Å². The van der Waals surface area contributed by atoms with E-state index in [1.165, 1.54) is 60.1 Å². The van der Waals surface area contributed by atoms with Gasteiger partial charge in [0.15, 0.2) is 0 Å². The molecule has 0 atom stereocenters. The fourth-order valence-corrected chi connectivity index (χ4v) is 6.65. The van der Waals surface area contributed by atoms with Crippen molar-refractivity contribution in [2.75, 3.05) is 0 Å². The summed E-state index contributed by atoms with van der Waals surface area (Å²) in [6.45, 7) is 0. The Labute approximate surface area is 229 Å². The number of fused-ring (bicyclic) bond motifs is 9. The monoisotopic (exact) mass is 512 g/mol. The van der Waals surface area contributed by atoms with Gasteiger partial charge in [-0.2, -0.15) is 0 Å². The van der Waals surface area contributed by atoms with E-state index in [0.717, 1.165) is 16.7 Å². The van der Waals surface area contributed by atoms with Crippen molar-refractivity contribution in [3.05, 3.63) is 128 Å². The largest absolute Gasteiger partial charge is 0.334 e. The highest BCUT2D eigenvalue weighted by Crippen LogP contribution is 2.41. The van der Waals surface area contributed by atoms with Crippen molar-refractivity contribution in [3.8, 4) is 11.4 Å². The van der Waals surface area contributed by atoms with Crippen LogP contribution >= 0.6 is 0 Å². The average Bonchev–Trinajstić information content (AvgIpc) is 3.65.